The molecular formula is C25H22INO3S. The van der Waals surface area contributed by atoms with E-state index in [0.717, 1.165) is 25.2 Å². The number of aryl methyl sites for hydroxylation is 1. The van der Waals surface area contributed by atoms with Crippen LogP contribution in [0.25, 0.3) is 0 Å². The number of rotatable bonds is 6. The fourth-order valence-corrected chi connectivity index (χ4v) is 6.06. The Morgan fingerprint density at radius 2 is 1.71 bits per heavy atom. The number of aliphatic carboxylic acids is 1. The summed E-state index contributed by atoms with van der Waals surface area (Å²) in [6.45, 7) is 2.37. The van der Waals surface area contributed by atoms with Gasteiger partial charge in [0.2, 0.25) is 5.91 Å². The van der Waals surface area contributed by atoms with Crippen molar-refractivity contribution in [2.75, 3.05) is 0 Å². The second kappa shape index (κ2) is 9.04. The quantitative estimate of drug-likeness (QED) is 0.406. The van der Waals surface area contributed by atoms with Gasteiger partial charge in [0.1, 0.15) is 0 Å². The highest BCUT2D eigenvalue weighted by Crippen LogP contribution is 2.53. The molecule has 0 radical (unpaired) electrons. The lowest BCUT2D eigenvalue weighted by Crippen LogP contribution is -2.42. The maximum absolute atomic E-state index is 13.3. The molecule has 1 fully saturated rings. The molecule has 1 heterocycles. The summed E-state index contributed by atoms with van der Waals surface area (Å²) >= 11 is 3.51. The smallest absolute Gasteiger partial charge is 0.323 e. The van der Waals surface area contributed by atoms with E-state index in [2.05, 4.69) is 22.6 Å². The molecule has 1 saturated heterocycles. The van der Waals surface area contributed by atoms with E-state index in [-0.39, 0.29) is 12.3 Å². The van der Waals surface area contributed by atoms with Crippen LogP contribution in [0, 0.1) is 10.5 Å². The third-order valence-corrected chi connectivity index (χ3v) is 7.96. The molecule has 0 aliphatic carbocycles. The number of likely N-dealkylation sites (tertiary alicyclic amines) is 1. The Hall–Kier alpha value is -2.32. The second-order valence-corrected chi connectivity index (χ2v) is 10.3. The number of amides is 1. The lowest BCUT2D eigenvalue weighted by Gasteiger charge is -2.35. The average Bonchev–Trinajstić information content (AvgIpc) is 3.03. The molecule has 0 unspecified atom stereocenters. The van der Waals surface area contributed by atoms with Gasteiger partial charge in [0.25, 0.3) is 0 Å². The van der Waals surface area contributed by atoms with Crippen molar-refractivity contribution in [1.29, 1.82) is 0 Å². The van der Waals surface area contributed by atoms with E-state index in [4.69, 9.17) is 0 Å². The number of carbonyl (C=O) groups excluding carboxylic acids is 1. The predicted molar refractivity (Wildman–Crippen MR) is 131 cm³/mol. The van der Waals surface area contributed by atoms with Crippen LogP contribution in [-0.4, -0.2) is 26.6 Å². The Labute approximate surface area is 199 Å². The number of carboxylic acid groups (broad SMARTS) is 1. The summed E-state index contributed by atoms with van der Waals surface area (Å²) in [5.74, 6) is -1.11. The number of hydrogen-bond donors (Lipinski definition) is 1. The van der Waals surface area contributed by atoms with Gasteiger partial charge in [0.15, 0.2) is 4.75 Å². The SMILES string of the molecule is Cc1ccc(S[C@]2(C(=O)O)CC(=O)N(Cc3ccccc3)[C@@H]2c2ccccc2I)cc1. The number of carbonyl (C=O) groups is 2. The zero-order valence-electron chi connectivity index (χ0n) is 17.0. The van der Waals surface area contributed by atoms with Crippen LogP contribution in [0.2, 0.25) is 0 Å². The van der Waals surface area contributed by atoms with Gasteiger partial charge in [-0.15, -0.1) is 11.8 Å². The first kappa shape index (κ1) is 21.9. The molecule has 0 spiro atoms. The Kier molecular flexibility index (Phi) is 6.39. The molecule has 0 saturated carbocycles. The van der Waals surface area contributed by atoms with Gasteiger partial charge in [-0.3, -0.25) is 9.59 Å². The fraction of sp³-hybridized carbons (Fsp3) is 0.200. The van der Waals surface area contributed by atoms with Crippen molar-refractivity contribution < 1.29 is 14.7 Å². The van der Waals surface area contributed by atoms with Crippen molar-refractivity contribution in [2.45, 2.75) is 35.6 Å². The molecule has 31 heavy (non-hydrogen) atoms. The van der Waals surface area contributed by atoms with Gasteiger partial charge in [0, 0.05) is 15.0 Å². The van der Waals surface area contributed by atoms with E-state index in [1.807, 2.05) is 85.8 Å². The zero-order valence-corrected chi connectivity index (χ0v) is 20.0. The van der Waals surface area contributed by atoms with Crippen molar-refractivity contribution in [3.05, 3.63) is 99.1 Å². The minimum atomic E-state index is -1.32. The molecule has 1 N–H and O–H groups in total. The Bertz CT molecular complexity index is 1100. The predicted octanol–water partition coefficient (Wildman–Crippen LogP) is 5.69. The van der Waals surface area contributed by atoms with Gasteiger partial charge in [-0.1, -0.05) is 66.2 Å². The summed E-state index contributed by atoms with van der Waals surface area (Å²) in [5, 5.41) is 10.5. The van der Waals surface area contributed by atoms with Crippen LogP contribution in [0.5, 0.6) is 0 Å². The standard InChI is InChI=1S/C25H22INO3S/c1-17-11-13-19(14-12-17)31-25(24(29)30)15-22(28)27(16-18-7-3-2-4-8-18)23(25)20-9-5-6-10-21(20)26/h2-14,23H,15-16H2,1H3,(H,29,30)/t23-,25-/m1/s1. The summed E-state index contributed by atoms with van der Waals surface area (Å²) in [4.78, 5) is 28.7. The number of carboxylic acids is 1. The third kappa shape index (κ3) is 4.36. The van der Waals surface area contributed by atoms with Gasteiger partial charge in [-0.2, -0.15) is 0 Å². The largest absolute Gasteiger partial charge is 0.480 e. The first-order valence-electron chi connectivity index (χ1n) is 9.97. The van der Waals surface area contributed by atoms with Gasteiger partial charge in [-0.05, 0) is 58.8 Å². The summed E-state index contributed by atoms with van der Waals surface area (Å²) in [7, 11) is 0. The molecule has 3 aromatic rings. The van der Waals surface area contributed by atoms with E-state index in [1.165, 1.54) is 11.8 Å². The number of thioether (sulfide) groups is 1. The first-order chi connectivity index (χ1) is 14.9. The fourth-order valence-electron chi connectivity index (χ4n) is 4.04. The van der Waals surface area contributed by atoms with Crippen LogP contribution in [0.15, 0.2) is 83.8 Å². The summed E-state index contributed by atoms with van der Waals surface area (Å²) < 4.78 is -0.365. The first-order valence-corrected chi connectivity index (χ1v) is 11.9. The van der Waals surface area contributed by atoms with Gasteiger partial charge in [-0.25, -0.2) is 0 Å². The van der Waals surface area contributed by atoms with Crippen LogP contribution >= 0.6 is 34.4 Å². The molecule has 158 valence electrons. The van der Waals surface area contributed by atoms with Crippen molar-refractivity contribution in [2.24, 2.45) is 0 Å². The van der Waals surface area contributed by atoms with Crippen molar-refractivity contribution in [1.82, 2.24) is 4.90 Å². The molecule has 6 heteroatoms. The summed E-state index contributed by atoms with van der Waals surface area (Å²) in [5.41, 5.74) is 2.95. The Morgan fingerprint density at radius 1 is 1.06 bits per heavy atom. The molecule has 2 atom stereocenters. The maximum Gasteiger partial charge on any atom is 0.323 e. The highest BCUT2D eigenvalue weighted by atomic mass is 127. The molecule has 4 nitrogen and oxygen atoms in total. The topological polar surface area (TPSA) is 57.6 Å². The monoisotopic (exact) mass is 543 g/mol. The molecule has 1 aliphatic heterocycles. The van der Waals surface area contributed by atoms with Gasteiger partial charge in [0.05, 0.1) is 12.5 Å². The maximum atomic E-state index is 13.3. The zero-order chi connectivity index (χ0) is 22.0. The van der Waals surface area contributed by atoms with Gasteiger partial charge >= 0.3 is 5.97 Å². The van der Waals surface area contributed by atoms with E-state index < -0.39 is 16.8 Å². The molecule has 3 aromatic carbocycles. The van der Waals surface area contributed by atoms with Crippen molar-refractivity contribution >= 4 is 46.2 Å². The molecule has 0 aromatic heterocycles. The third-order valence-electron chi connectivity index (χ3n) is 5.57. The highest BCUT2D eigenvalue weighted by molar-refractivity contribution is 14.1. The molecule has 4 rings (SSSR count). The van der Waals surface area contributed by atoms with Crippen LogP contribution in [0.3, 0.4) is 0 Å². The number of halogens is 1. The van der Waals surface area contributed by atoms with Crippen molar-refractivity contribution in [3.63, 3.8) is 0 Å². The lowest BCUT2D eigenvalue weighted by atomic mass is 9.92. The number of nitrogens with zero attached hydrogens (tertiary/aromatic N) is 1. The molecule has 0 bridgehead atoms. The van der Waals surface area contributed by atoms with Crippen LogP contribution in [0.1, 0.15) is 29.2 Å². The number of benzene rings is 3. The minimum Gasteiger partial charge on any atom is -0.480 e. The van der Waals surface area contributed by atoms with Crippen LogP contribution in [-0.2, 0) is 16.1 Å². The van der Waals surface area contributed by atoms with Crippen LogP contribution in [0.4, 0.5) is 0 Å². The van der Waals surface area contributed by atoms with E-state index in [1.54, 1.807) is 4.90 Å². The van der Waals surface area contributed by atoms with Crippen LogP contribution < -0.4 is 0 Å². The summed E-state index contributed by atoms with van der Waals surface area (Å²) in [6, 6.07) is 24.7. The van der Waals surface area contributed by atoms with E-state index in [9.17, 15) is 14.7 Å². The number of hydrogen-bond acceptors (Lipinski definition) is 3. The Balaban J connectivity index is 1.83. The average molecular weight is 543 g/mol. The summed E-state index contributed by atoms with van der Waals surface area (Å²) in [6.07, 6.45) is -0.0522. The molecule has 1 aliphatic rings. The van der Waals surface area contributed by atoms with E-state index >= 15 is 0 Å². The normalized spacial score (nSPS) is 20.8. The Morgan fingerprint density at radius 3 is 2.35 bits per heavy atom. The molecular weight excluding hydrogens is 521 g/mol. The minimum absolute atomic E-state index is 0.0522. The van der Waals surface area contributed by atoms with E-state index in [0.29, 0.717) is 6.54 Å². The second-order valence-electron chi connectivity index (χ2n) is 7.72. The highest BCUT2D eigenvalue weighted by Gasteiger charge is 2.58. The molecule has 1 amide bonds. The van der Waals surface area contributed by atoms with Crippen molar-refractivity contribution in [3.8, 4) is 0 Å². The lowest BCUT2D eigenvalue weighted by molar-refractivity contribution is -0.140. The van der Waals surface area contributed by atoms with Gasteiger partial charge < -0.3 is 10.0 Å².